The van der Waals surface area contributed by atoms with Gasteiger partial charge in [0, 0.05) is 6.42 Å². The molecule has 1 fully saturated rings. The molecule has 1 saturated heterocycles. The molecule has 0 amide bonds. The monoisotopic (exact) mass is 246 g/mol. The van der Waals surface area contributed by atoms with Gasteiger partial charge in [-0.3, -0.25) is 0 Å². The Labute approximate surface area is 105 Å². The molecule has 18 heavy (non-hydrogen) atoms. The van der Waals surface area contributed by atoms with Crippen LogP contribution in [0.2, 0.25) is 0 Å². The molecule has 0 aliphatic carbocycles. The quantitative estimate of drug-likeness (QED) is 0.830. The van der Waals surface area contributed by atoms with Crippen LogP contribution in [0, 0.1) is 0 Å². The summed E-state index contributed by atoms with van der Waals surface area (Å²) >= 11 is 0. The van der Waals surface area contributed by atoms with E-state index in [1.165, 1.54) is 0 Å². The maximum atomic E-state index is 5.54. The van der Waals surface area contributed by atoms with Crippen LogP contribution in [0.3, 0.4) is 0 Å². The molecule has 2 heterocycles. The highest BCUT2D eigenvalue weighted by Gasteiger charge is 2.24. The van der Waals surface area contributed by atoms with Crippen LogP contribution in [0.4, 0.5) is 0 Å². The Hall–Kier alpha value is -1.88. The molecule has 1 unspecified atom stereocenters. The first-order valence-electron chi connectivity index (χ1n) is 5.83. The van der Waals surface area contributed by atoms with Crippen LogP contribution in [-0.2, 0) is 4.74 Å². The molecule has 1 aliphatic heterocycles. The minimum atomic E-state index is 0.125. The molecule has 0 spiro atoms. The van der Waals surface area contributed by atoms with Crippen LogP contribution in [0.15, 0.2) is 18.2 Å². The van der Waals surface area contributed by atoms with E-state index in [1.54, 1.807) is 14.2 Å². The van der Waals surface area contributed by atoms with E-state index in [0.29, 0.717) is 11.9 Å². The smallest absolute Gasteiger partial charge is 0.320 e. The molecule has 0 bridgehead atoms. The zero-order valence-electron chi connectivity index (χ0n) is 10.3. The summed E-state index contributed by atoms with van der Waals surface area (Å²) in [7, 11) is 3.14. The molecule has 1 atom stereocenters. The van der Waals surface area contributed by atoms with Gasteiger partial charge in [0.15, 0.2) is 0 Å². The predicted molar refractivity (Wildman–Crippen MR) is 66.0 cm³/mol. The average Bonchev–Trinajstić information content (AvgIpc) is 2.35. The van der Waals surface area contributed by atoms with Crippen molar-refractivity contribution in [3.63, 3.8) is 0 Å². The Kier molecular flexibility index (Phi) is 2.76. The maximum absolute atomic E-state index is 5.54. The lowest BCUT2D eigenvalue weighted by Crippen LogP contribution is -2.18. The molecule has 5 nitrogen and oxygen atoms in total. The number of hydrogen-bond donors (Lipinski definition) is 0. The molecule has 0 saturated carbocycles. The summed E-state index contributed by atoms with van der Waals surface area (Å²) in [6.07, 6.45) is 1.15. The lowest BCUT2D eigenvalue weighted by Gasteiger charge is -2.27. The summed E-state index contributed by atoms with van der Waals surface area (Å²) in [6, 6.07) is 6.23. The number of benzene rings is 1. The third kappa shape index (κ3) is 1.67. The first-order valence-corrected chi connectivity index (χ1v) is 5.83. The molecule has 1 aromatic carbocycles. The van der Waals surface area contributed by atoms with Gasteiger partial charge in [0.25, 0.3) is 0 Å². The number of methoxy groups -OCH3 is 2. The standard InChI is InChI=1S/C13H14N2O3/c1-16-12-11-8(10-6-7-18-10)4-3-5-9(11)14-13(15-12)17-2/h3-5,10H,6-7H2,1-2H3. The molecular weight excluding hydrogens is 232 g/mol. The third-order valence-electron chi connectivity index (χ3n) is 3.12. The van der Waals surface area contributed by atoms with Gasteiger partial charge >= 0.3 is 6.01 Å². The predicted octanol–water partition coefficient (Wildman–Crippen LogP) is 2.11. The second-order valence-electron chi connectivity index (χ2n) is 4.11. The van der Waals surface area contributed by atoms with Crippen molar-refractivity contribution in [1.82, 2.24) is 9.97 Å². The minimum absolute atomic E-state index is 0.125. The van der Waals surface area contributed by atoms with Crippen LogP contribution < -0.4 is 9.47 Å². The summed E-state index contributed by atoms with van der Waals surface area (Å²) in [4.78, 5) is 8.56. The second kappa shape index (κ2) is 4.42. The van der Waals surface area contributed by atoms with Gasteiger partial charge in [-0.1, -0.05) is 12.1 Å². The summed E-state index contributed by atoms with van der Waals surface area (Å²) in [5.41, 5.74) is 1.89. The van der Waals surface area contributed by atoms with E-state index in [4.69, 9.17) is 14.2 Å². The lowest BCUT2D eigenvalue weighted by molar-refractivity contribution is -0.0518. The van der Waals surface area contributed by atoms with E-state index in [9.17, 15) is 0 Å². The Balaban J connectivity index is 2.24. The third-order valence-corrected chi connectivity index (χ3v) is 3.12. The van der Waals surface area contributed by atoms with Crippen molar-refractivity contribution < 1.29 is 14.2 Å². The van der Waals surface area contributed by atoms with Gasteiger partial charge in [0.1, 0.15) is 0 Å². The topological polar surface area (TPSA) is 53.5 Å². The van der Waals surface area contributed by atoms with Crippen molar-refractivity contribution >= 4 is 10.9 Å². The van der Waals surface area contributed by atoms with Crippen molar-refractivity contribution in [3.8, 4) is 11.9 Å². The van der Waals surface area contributed by atoms with Crippen molar-refractivity contribution in [1.29, 1.82) is 0 Å². The fourth-order valence-corrected chi connectivity index (χ4v) is 2.14. The Bertz CT molecular complexity index is 582. The average molecular weight is 246 g/mol. The first-order chi connectivity index (χ1) is 8.83. The molecule has 3 rings (SSSR count). The highest BCUT2D eigenvalue weighted by molar-refractivity contribution is 5.87. The molecule has 1 aromatic heterocycles. The van der Waals surface area contributed by atoms with Gasteiger partial charge in [-0.25, -0.2) is 0 Å². The number of ether oxygens (including phenoxy) is 3. The van der Waals surface area contributed by atoms with E-state index in [0.717, 1.165) is 29.5 Å². The summed E-state index contributed by atoms with van der Waals surface area (Å²) in [6.45, 7) is 0.806. The van der Waals surface area contributed by atoms with E-state index in [-0.39, 0.29) is 6.10 Å². The lowest BCUT2D eigenvalue weighted by atomic mass is 9.99. The van der Waals surface area contributed by atoms with E-state index < -0.39 is 0 Å². The Morgan fingerprint density at radius 3 is 2.67 bits per heavy atom. The summed E-state index contributed by atoms with van der Waals surface area (Å²) in [5, 5.41) is 0.908. The second-order valence-corrected chi connectivity index (χ2v) is 4.11. The summed E-state index contributed by atoms with van der Waals surface area (Å²) < 4.78 is 16.0. The van der Waals surface area contributed by atoms with Gasteiger partial charge in [0.2, 0.25) is 5.88 Å². The van der Waals surface area contributed by atoms with E-state index >= 15 is 0 Å². The SMILES string of the molecule is COc1nc(OC)c2c(C3CCO3)cccc2n1. The highest BCUT2D eigenvalue weighted by atomic mass is 16.5. The van der Waals surface area contributed by atoms with Crippen molar-refractivity contribution in [2.75, 3.05) is 20.8 Å². The van der Waals surface area contributed by atoms with E-state index in [1.807, 2.05) is 18.2 Å². The van der Waals surface area contributed by atoms with Gasteiger partial charge in [-0.15, -0.1) is 0 Å². The summed E-state index contributed by atoms with van der Waals surface area (Å²) in [5.74, 6) is 0.531. The maximum Gasteiger partial charge on any atom is 0.320 e. The highest BCUT2D eigenvalue weighted by Crippen LogP contribution is 2.37. The number of nitrogens with zero attached hydrogens (tertiary/aromatic N) is 2. The molecular formula is C13H14N2O3. The van der Waals surface area contributed by atoms with Crippen LogP contribution in [0.1, 0.15) is 18.1 Å². The zero-order chi connectivity index (χ0) is 12.5. The molecule has 1 aliphatic rings. The van der Waals surface area contributed by atoms with Crippen molar-refractivity contribution in [2.24, 2.45) is 0 Å². The van der Waals surface area contributed by atoms with Crippen molar-refractivity contribution in [3.05, 3.63) is 23.8 Å². The van der Waals surface area contributed by atoms with Crippen LogP contribution >= 0.6 is 0 Å². The molecule has 0 radical (unpaired) electrons. The fraction of sp³-hybridized carbons (Fsp3) is 0.385. The number of rotatable bonds is 3. The van der Waals surface area contributed by atoms with Gasteiger partial charge < -0.3 is 14.2 Å². The van der Waals surface area contributed by atoms with Gasteiger partial charge in [-0.2, -0.15) is 9.97 Å². The van der Waals surface area contributed by atoms with Crippen LogP contribution in [0.25, 0.3) is 10.9 Å². The van der Waals surface area contributed by atoms with Crippen LogP contribution in [0.5, 0.6) is 11.9 Å². The van der Waals surface area contributed by atoms with E-state index in [2.05, 4.69) is 9.97 Å². The molecule has 94 valence electrons. The fourth-order valence-electron chi connectivity index (χ4n) is 2.14. The number of fused-ring (bicyclic) bond motifs is 1. The normalized spacial score (nSPS) is 18.4. The Morgan fingerprint density at radius 1 is 1.22 bits per heavy atom. The van der Waals surface area contributed by atoms with Gasteiger partial charge in [0.05, 0.1) is 37.8 Å². The largest absolute Gasteiger partial charge is 0.480 e. The van der Waals surface area contributed by atoms with Gasteiger partial charge in [-0.05, 0) is 11.6 Å². The zero-order valence-corrected chi connectivity index (χ0v) is 10.3. The Morgan fingerprint density at radius 2 is 2.06 bits per heavy atom. The molecule has 5 heteroatoms. The molecule has 0 N–H and O–H groups in total. The van der Waals surface area contributed by atoms with Crippen LogP contribution in [-0.4, -0.2) is 30.8 Å². The minimum Gasteiger partial charge on any atom is -0.480 e. The first kappa shape index (κ1) is 11.2. The molecule has 2 aromatic rings. The number of hydrogen-bond acceptors (Lipinski definition) is 5. The number of aromatic nitrogens is 2. The van der Waals surface area contributed by atoms with Crippen molar-refractivity contribution in [2.45, 2.75) is 12.5 Å².